The van der Waals surface area contributed by atoms with E-state index in [-0.39, 0.29) is 12.4 Å². The Bertz CT molecular complexity index is 647. The molecule has 0 spiro atoms. The van der Waals surface area contributed by atoms with Crippen LogP contribution in [0.1, 0.15) is 30.4 Å². The summed E-state index contributed by atoms with van der Waals surface area (Å²) in [6.45, 7) is 4.06. The molecular weight excluding hydrogens is 332 g/mol. The van der Waals surface area contributed by atoms with Crippen LogP contribution in [0, 0.1) is 0 Å². The molecule has 0 aromatic heterocycles. The first-order valence-corrected chi connectivity index (χ1v) is 9.09. The van der Waals surface area contributed by atoms with Crippen LogP contribution in [-0.4, -0.2) is 30.1 Å². The van der Waals surface area contributed by atoms with Crippen LogP contribution in [0.3, 0.4) is 0 Å². The Morgan fingerprint density at radius 1 is 0.880 bits per heavy atom. The normalized spacial score (nSPS) is 22.9. The average molecular weight is 359 g/mol. The van der Waals surface area contributed by atoms with Gasteiger partial charge in [0.2, 0.25) is 0 Å². The van der Waals surface area contributed by atoms with Gasteiger partial charge in [0, 0.05) is 31.7 Å². The quantitative estimate of drug-likeness (QED) is 0.873. The fourth-order valence-electron chi connectivity index (χ4n) is 3.85. The van der Waals surface area contributed by atoms with Gasteiger partial charge >= 0.3 is 0 Å². The van der Waals surface area contributed by atoms with E-state index in [9.17, 15) is 0 Å². The smallest absolute Gasteiger partial charge is 0.119 e. The van der Waals surface area contributed by atoms with Crippen LogP contribution in [0.2, 0.25) is 0 Å². The molecule has 25 heavy (non-hydrogen) atoms. The van der Waals surface area contributed by atoms with E-state index in [1.165, 1.54) is 43.5 Å². The van der Waals surface area contributed by atoms with Gasteiger partial charge in [0.25, 0.3) is 0 Å². The minimum absolute atomic E-state index is 0. The van der Waals surface area contributed by atoms with Gasteiger partial charge in [-0.2, -0.15) is 0 Å². The maximum Gasteiger partial charge on any atom is 0.119 e. The highest BCUT2D eigenvalue weighted by Crippen LogP contribution is 2.22. The zero-order valence-corrected chi connectivity index (χ0v) is 15.4. The van der Waals surface area contributed by atoms with E-state index in [4.69, 9.17) is 4.74 Å². The predicted molar refractivity (Wildman–Crippen MR) is 104 cm³/mol. The third-order valence-corrected chi connectivity index (χ3v) is 5.19. The highest BCUT2D eigenvalue weighted by molar-refractivity contribution is 5.85. The molecule has 4 heteroatoms. The molecule has 2 fully saturated rings. The number of nitrogens with zero attached hydrogens (tertiary/aromatic N) is 1. The zero-order chi connectivity index (χ0) is 16.2. The van der Waals surface area contributed by atoms with Crippen molar-refractivity contribution in [2.75, 3.05) is 13.1 Å². The van der Waals surface area contributed by atoms with Gasteiger partial charge in [0.1, 0.15) is 12.4 Å². The Labute approximate surface area is 156 Å². The van der Waals surface area contributed by atoms with Gasteiger partial charge in [-0.25, -0.2) is 0 Å². The summed E-state index contributed by atoms with van der Waals surface area (Å²) in [4.78, 5) is 2.59. The van der Waals surface area contributed by atoms with Gasteiger partial charge in [-0.3, -0.25) is 4.90 Å². The molecule has 2 unspecified atom stereocenters. The van der Waals surface area contributed by atoms with Gasteiger partial charge in [-0.1, -0.05) is 42.5 Å². The number of ether oxygens (including phenoxy) is 1. The molecule has 0 saturated carbocycles. The fourth-order valence-corrected chi connectivity index (χ4v) is 3.85. The number of benzene rings is 2. The third-order valence-electron chi connectivity index (χ3n) is 5.19. The number of rotatable bonds is 5. The molecule has 1 N–H and O–H groups in total. The van der Waals surface area contributed by atoms with Gasteiger partial charge < -0.3 is 10.1 Å². The van der Waals surface area contributed by atoms with Crippen molar-refractivity contribution in [2.45, 2.75) is 44.5 Å². The summed E-state index contributed by atoms with van der Waals surface area (Å²) in [7, 11) is 0. The van der Waals surface area contributed by atoms with Crippen molar-refractivity contribution < 1.29 is 4.74 Å². The topological polar surface area (TPSA) is 24.5 Å². The average Bonchev–Trinajstić information content (AvgIpc) is 2.97. The minimum Gasteiger partial charge on any atom is -0.489 e. The molecule has 0 aliphatic carbocycles. The molecule has 4 rings (SSSR count). The predicted octanol–water partition coefficient (Wildman–Crippen LogP) is 4.01. The van der Waals surface area contributed by atoms with Gasteiger partial charge in [-0.05, 0) is 42.5 Å². The number of hydrogen-bond donors (Lipinski definition) is 1. The molecule has 0 amide bonds. The number of hydrogen-bond acceptors (Lipinski definition) is 3. The summed E-state index contributed by atoms with van der Waals surface area (Å²) in [5.41, 5.74) is 2.58. The molecule has 2 aliphatic rings. The van der Waals surface area contributed by atoms with E-state index >= 15 is 0 Å². The van der Waals surface area contributed by atoms with Crippen molar-refractivity contribution in [1.82, 2.24) is 10.2 Å². The molecule has 0 radical (unpaired) electrons. The first kappa shape index (κ1) is 18.2. The first-order chi connectivity index (χ1) is 11.8. The summed E-state index contributed by atoms with van der Waals surface area (Å²) in [6.07, 6.45) is 3.99. The Morgan fingerprint density at radius 3 is 2.44 bits per heavy atom. The van der Waals surface area contributed by atoms with Crippen LogP contribution in [-0.2, 0) is 13.2 Å². The van der Waals surface area contributed by atoms with E-state index < -0.39 is 0 Å². The molecule has 2 aliphatic heterocycles. The zero-order valence-electron chi connectivity index (χ0n) is 14.6. The SMILES string of the molecule is Cl.c1ccc(COc2ccc(CN3CCC4CCC(C3)N4)cc2)cc1. The summed E-state index contributed by atoms with van der Waals surface area (Å²) in [6, 6.07) is 20.4. The molecular formula is C21H27ClN2O. The largest absolute Gasteiger partial charge is 0.489 e. The van der Waals surface area contributed by atoms with E-state index in [0.29, 0.717) is 12.6 Å². The van der Waals surface area contributed by atoms with E-state index in [0.717, 1.165) is 18.3 Å². The van der Waals surface area contributed by atoms with Crippen LogP contribution in [0.5, 0.6) is 5.75 Å². The number of fused-ring (bicyclic) bond motifs is 2. The van der Waals surface area contributed by atoms with Crippen LogP contribution in [0.25, 0.3) is 0 Å². The van der Waals surface area contributed by atoms with Crippen molar-refractivity contribution >= 4 is 12.4 Å². The monoisotopic (exact) mass is 358 g/mol. The van der Waals surface area contributed by atoms with Gasteiger partial charge in [0.15, 0.2) is 0 Å². The molecule has 2 bridgehead atoms. The number of halogens is 1. The second-order valence-corrected chi connectivity index (χ2v) is 7.08. The van der Waals surface area contributed by atoms with Gasteiger partial charge in [0.05, 0.1) is 0 Å². The molecule has 2 aromatic carbocycles. The second kappa shape index (κ2) is 8.70. The summed E-state index contributed by atoms with van der Waals surface area (Å²) in [5.74, 6) is 0.944. The molecule has 3 nitrogen and oxygen atoms in total. The van der Waals surface area contributed by atoms with E-state index in [1.807, 2.05) is 18.2 Å². The van der Waals surface area contributed by atoms with E-state index in [2.05, 4.69) is 46.6 Å². The van der Waals surface area contributed by atoms with Crippen molar-refractivity contribution in [3.05, 3.63) is 65.7 Å². The Morgan fingerprint density at radius 2 is 1.64 bits per heavy atom. The second-order valence-electron chi connectivity index (χ2n) is 7.08. The molecule has 2 atom stereocenters. The van der Waals surface area contributed by atoms with Crippen LogP contribution < -0.4 is 10.1 Å². The Hall–Kier alpha value is -1.55. The lowest BCUT2D eigenvalue weighted by molar-refractivity contribution is 0.250. The van der Waals surface area contributed by atoms with Crippen molar-refractivity contribution in [1.29, 1.82) is 0 Å². The van der Waals surface area contributed by atoms with Crippen molar-refractivity contribution in [3.8, 4) is 5.75 Å². The molecule has 134 valence electrons. The Kier molecular flexibility index (Phi) is 6.35. The van der Waals surface area contributed by atoms with Crippen molar-refractivity contribution in [2.24, 2.45) is 0 Å². The van der Waals surface area contributed by atoms with Crippen LogP contribution in [0.15, 0.2) is 54.6 Å². The number of nitrogens with one attached hydrogen (secondary N) is 1. The molecule has 2 heterocycles. The Balaban J connectivity index is 0.00000182. The highest BCUT2D eigenvalue weighted by atomic mass is 35.5. The minimum atomic E-state index is 0. The number of likely N-dealkylation sites (tertiary alicyclic amines) is 1. The maximum atomic E-state index is 5.87. The summed E-state index contributed by atoms with van der Waals surface area (Å²) >= 11 is 0. The first-order valence-electron chi connectivity index (χ1n) is 9.09. The molecule has 2 saturated heterocycles. The standard InChI is InChI=1S/C21H26N2O.ClH/c1-2-4-18(5-3-1)16-24-21-10-6-17(7-11-21)14-23-13-12-19-8-9-20(15-23)22-19;/h1-7,10-11,19-20,22H,8-9,12-16H2;1H. The summed E-state index contributed by atoms with van der Waals surface area (Å²) < 4.78 is 5.87. The lowest BCUT2D eigenvalue weighted by atomic mass is 10.1. The van der Waals surface area contributed by atoms with Crippen molar-refractivity contribution in [3.63, 3.8) is 0 Å². The highest BCUT2D eigenvalue weighted by Gasteiger charge is 2.28. The van der Waals surface area contributed by atoms with E-state index in [1.54, 1.807) is 0 Å². The fraction of sp³-hybridized carbons (Fsp3) is 0.429. The van der Waals surface area contributed by atoms with Gasteiger partial charge in [-0.15, -0.1) is 12.4 Å². The van der Waals surface area contributed by atoms with Crippen LogP contribution in [0.4, 0.5) is 0 Å². The van der Waals surface area contributed by atoms with Crippen LogP contribution >= 0.6 is 12.4 Å². The third kappa shape index (κ3) is 4.97. The lowest BCUT2D eigenvalue weighted by Crippen LogP contribution is -2.34. The summed E-state index contributed by atoms with van der Waals surface area (Å²) in [5, 5.41) is 3.75. The lowest BCUT2D eigenvalue weighted by Gasteiger charge is -2.24. The molecule has 2 aromatic rings. The maximum absolute atomic E-state index is 5.87.